The number of benzene rings is 1. The molecule has 1 amide bonds. The van der Waals surface area contributed by atoms with E-state index in [1.54, 1.807) is 11.3 Å². The number of rotatable bonds is 3. The van der Waals surface area contributed by atoms with Crippen molar-refractivity contribution in [3.63, 3.8) is 0 Å². The molecular formula is C17H19NOS. The lowest BCUT2D eigenvalue weighted by molar-refractivity contribution is -0.121. The lowest BCUT2D eigenvalue weighted by atomic mass is 9.83. The molecule has 1 saturated carbocycles. The van der Waals surface area contributed by atoms with Crippen LogP contribution in [-0.4, -0.2) is 5.91 Å². The van der Waals surface area contributed by atoms with E-state index in [1.165, 1.54) is 10.4 Å². The molecule has 0 saturated heterocycles. The molecule has 2 aromatic rings. The Morgan fingerprint density at radius 3 is 2.65 bits per heavy atom. The molecular weight excluding hydrogens is 266 g/mol. The van der Waals surface area contributed by atoms with Crippen LogP contribution >= 0.6 is 11.3 Å². The van der Waals surface area contributed by atoms with Gasteiger partial charge in [-0.1, -0.05) is 31.0 Å². The minimum Gasteiger partial charge on any atom is -0.325 e. The third-order valence-electron chi connectivity index (χ3n) is 4.16. The standard InChI is InChI=1S/C17H19NOS/c1-13-6-4-7-14(12-13)18-16(19)17(9-2-3-10-17)15-8-5-11-20-15/h4-8,11-12H,2-3,9-10H2,1H3,(H,18,19). The fourth-order valence-corrected chi connectivity index (χ4v) is 4.07. The molecule has 0 aliphatic heterocycles. The maximum Gasteiger partial charge on any atom is 0.235 e. The molecule has 1 fully saturated rings. The lowest BCUT2D eigenvalue weighted by Gasteiger charge is -2.26. The van der Waals surface area contributed by atoms with E-state index in [2.05, 4.69) is 16.8 Å². The van der Waals surface area contributed by atoms with Gasteiger partial charge in [0.1, 0.15) is 0 Å². The van der Waals surface area contributed by atoms with Gasteiger partial charge in [0.15, 0.2) is 0 Å². The smallest absolute Gasteiger partial charge is 0.235 e. The third-order valence-corrected chi connectivity index (χ3v) is 5.23. The number of nitrogens with one attached hydrogen (secondary N) is 1. The summed E-state index contributed by atoms with van der Waals surface area (Å²) in [5.41, 5.74) is 1.76. The van der Waals surface area contributed by atoms with E-state index >= 15 is 0 Å². The number of anilines is 1. The van der Waals surface area contributed by atoms with Crippen LogP contribution in [-0.2, 0) is 10.2 Å². The van der Waals surface area contributed by atoms with Gasteiger partial charge in [-0.05, 0) is 48.9 Å². The van der Waals surface area contributed by atoms with E-state index in [1.807, 2.05) is 37.3 Å². The molecule has 1 aromatic carbocycles. The van der Waals surface area contributed by atoms with Gasteiger partial charge in [-0.3, -0.25) is 4.79 Å². The Morgan fingerprint density at radius 2 is 2.00 bits per heavy atom. The van der Waals surface area contributed by atoms with Crippen LogP contribution in [0.2, 0.25) is 0 Å². The number of carbonyl (C=O) groups excluding carboxylic acids is 1. The van der Waals surface area contributed by atoms with Gasteiger partial charge in [-0.15, -0.1) is 11.3 Å². The average Bonchev–Trinajstić information content (AvgIpc) is 3.11. The zero-order valence-corrected chi connectivity index (χ0v) is 12.5. The molecule has 0 radical (unpaired) electrons. The van der Waals surface area contributed by atoms with Crippen molar-refractivity contribution in [3.8, 4) is 0 Å². The van der Waals surface area contributed by atoms with Crippen molar-refractivity contribution >= 4 is 22.9 Å². The van der Waals surface area contributed by atoms with Crippen molar-refractivity contribution < 1.29 is 4.79 Å². The van der Waals surface area contributed by atoms with Crippen molar-refractivity contribution in [2.75, 3.05) is 5.32 Å². The topological polar surface area (TPSA) is 29.1 Å². The summed E-state index contributed by atoms with van der Waals surface area (Å²) in [7, 11) is 0. The number of aryl methyl sites for hydroxylation is 1. The fourth-order valence-electron chi connectivity index (χ4n) is 3.09. The Hall–Kier alpha value is -1.61. The molecule has 104 valence electrons. The van der Waals surface area contributed by atoms with E-state index < -0.39 is 0 Å². The van der Waals surface area contributed by atoms with Gasteiger partial charge in [0.05, 0.1) is 5.41 Å². The summed E-state index contributed by atoms with van der Waals surface area (Å²) in [6, 6.07) is 12.2. The van der Waals surface area contributed by atoms with Crippen LogP contribution in [0.5, 0.6) is 0 Å². The Morgan fingerprint density at radius 1 is 1.20 bits per heavy atom. The molecule has 0 bridgehead atoms. The second-order valence-electron chi connectivity index (χ2n) is 5.59. The first-order valence-corrected chi connectivity index (χ1v) is 8.01. The van der Waals surface area contributed by atoms with Crippen LogP contribution in [0.4, 0.5) is 5.69 Å². The molecule has 0 spiro atoms. The van der Waals surface area contributed by atoms with Gasteiger partial charge in [0.2, 0.25) is 5.91 Å². The SMILES string of the molecule is Cc1cccc(NC(=O)C2(c3cccs3)CCCC2)c1. The Kier molecular flexibility index (Phi) is 3.62. The number of thiophene rings is 1. The lowest BCUT2D eigenvalue weighted by Crippen LogP contribution is -2.37. The van der Waals surface area contributed by atoms with Crippen molar-refractivity contribution in [1.29, 1.82) is 0 Å². The van der Waals surface area contributed by atoms with Gasteiger partial charge >= 0.3 is 0 Å². The summed E-state index contributed by atoms with van der Waals surface area (Å²) in [5, 5.41) is 5.19. The summed E-state index contributed by atoms with van der Waals surface area (Å²) in [5.74, 6) is 0.156. The van der Waals surface area contributed by atoms with E-state index in [4.69, 9.17) is 0 Å². The largest absolute Gasteiger partial charge is 0.325 e. The molecule has 1 heterocycles. The molecule has 2 nitrogen and oxygen atoms in total. The van der Waals surface area contributed by atoms with Gasteiger partial charge < -0.3 is 5.32 Å². The Labute approximate surface area is 123 Å². The van der Waals surface area contributed by atoms with Gasteiger partial charge in [-0.25, -0.2) is 0 Å². The summed E-state index contributed by atoms with van der Waals surface area (Å²) >= 11 is 1.70. The highest BCUT2D eigenvalue weighted by Gasteiger charge is 2.43. The molecule has 3 heteroatoms. The first-order chi connectivity index (χ1) is 9.71. The molecule has 1 aliphatic carbocycles. The average molecular weight is 285 g/mol. The summed E-state index contributed by atoms with van der Waals surface area (Å²) in [4.78, 5) is 14.1. The monoisotopic (exact) mass is 285 g/mol. The first-order valence-electron chi connectivity index (χ1n) is 7.13. The highest BCUT2D eigenvalue weighted by atomic mass is 32.1. The third kappa shape index (κ3) is 2.38. The van der Waals surface area contributed by atoms with Crippen molar-refractivity contribution in [3.05, 3.63) is 52.2 Å². The van der Waals surface area contributed by atoms with E-state index in [0.29, 0.717) is 0 Å². The molecule has 20 heavy (non-hydrogen) atoms. The molecule has 0 unspecified atom stereocenters. The number of carbonyl (C=O) groups is 1. The molecule has 3 rings (SSSR count). The van der Waals surface area contributed by atoms with Crippen molar-refractivity contribution in [1.82, 2.24) is 0 Å². The highest BCUT2D eigenvalue weighted by Crippen LogP contribution is 2.43. The minimum atomic E-state index is -0.308. The molecule has 1 aromatic heterocycles. The highest BCUT2D eigenvalue weighted by molar-refractivity contribution is 7.10. The maximum atomic E-state index is 12.8. The first kappa shape index (κ1) is 13.4. The Balaban J connectivity index is 1.87. The van der Waals surface area contributed by atoms with E-state index in [0.717, 1.165) is 31.4 Å². The van der Waals surface area contributed by atoms with Crippen LogP contribution in [0.1, 0.15) is 36.1 Å². The van der Waals surface area contributed by atoms with Crippen LogP contribution < -0.4 is 5.32 Å². The fraction of sp³-hybridized carbons (Fsp3) is 0.353. The van der Waals surface area contributed by atoms with Crippen molar-refractivity contribution in [2.24, 2.45) is 0 Å². The van der Waals surface area contributed by atoms with Crippen LogP contribution in [0.15, 0.2) is 41.8 Å². The predicted molar refractivity (Wildman–Crippen MR) is 84.3 cm³/mol. The zero-order valence-electron chi connectivity index (χ0n) is 11.7. The predicted octanol–water partition coefficient (Wildman–Crippen LogP) is 4.51. The zero-order chi connectivity index (χ0) is 14.0. The number of amides is 1. The van der Waals surface area contributed by atoms with Crippen LogP contribution in [0, 0.1) is 6.92 Å². The normalized spacial score (nSPS) is 17.1. The van der Waals surface area contributed by atoms with Crippen molar-refractivity contribution in [2.45, 2.75) is 38.0 Å². The summed E-state index contributed by atoms with van der Waals surface area (Å²) in [6.45, 7) is 2.04. The quantitative estimate of drug-likeness (QED) is 0.883. The second kappa shape index (κ2) is 5.41. The van der Waals surface area contributed by atoms with Gasteiger partial charge in [-0.2, -0.15) is 0 Å². The molecule has 1 N–H and O–H groups in total. The number of hydrogen-bond acceptors (Lipinski definition) is 2. The minimum absolute atomic E-state index is 0.156. The van der Waals surface area contributed by atoms with Gasteiger partial charge in [0, 0.05) is 10.6 Å². The Bertz CT molecular complexity index is 597. The van der Waals surface area contributed by atoms with E-state index in [-0.39, 0.29) is 11.3 Å². The molecule has 1 aliphatic rings. The number of hydrogen-bond donors (Lipinski definition) is 1. The van der Waals surface area contributed by atoms with Gasteiger partial charge in [0.25, 0.3) is 0 Å². The summed E-state index contributed by atoms with van der Waals surface area (Å²) in [6.07, 6.45) is 4.20. The summed E-state index contributed by atoms with van der Waals surface area (Å²) < 4.78 is 0. The van der Waals surface area contributed by atoms with E-state index in [9.17, 15) is 4.79 Å². The van der Waals surface area contributed by atoms with Crippen LogP contribution in [0.25, 0.3) is 0 Å². The molecule has 0 atom stereocenters. The maximum absolute atomic E-state index is 12.8. The second-order valence-corrected chi connectivity index (χ2v) is 6.54. The van der Waals surface area contributed by atoms with Crippen LogP contribution in [0.3, 0.4) is 0 Å².